The molecule has 2 N–H and O–H groups in total. The van der Waals surface area contributed by atoms with Gasteiger partial charge in [-0.25, -0.2) is 0 Å². The predicted octanol–water partition coefficient (Wildman–Crippen LogP) is 3.62. The second-order valence-corrected chi connectivity index (χ2v) is 8.95. The van der Waals surface area contributed by atoms with Crippen molar-refractivity contribution in [1.29, 1.82) is 0 Å². The molecule has 4 aliphatic carbocycles. The van der Waals surface area contributed by atoms with Crippen molar-refractivity contribution in [2.45, 2.75) is 44.9 Å². The molecule has 8 heteroatoms. The van der Waals surface area contributed by atoms with E-state index in [1.165, 1.54) is 31.4 Å². The highest BCUT2D eigenvalue weighted by Gasteiger charge is 2.51. The van der Waals surface area contributed by atoms with E-state index in [1.807, 2.05) is 0 Å². The number of carbonyl (C=O) groups is 2. The van der Waals surface area contributed by atoms with Gasteiger partial charge in [-0.3, -0.25) is 30.6 Å². The number of nitrogens with one attached hydrogen (secondary N) is 2. The molecule has 0 atom stereocenters. The van der Waals surface area contributed by atoms with E-state index < -0.39 is 16.5 Å². The second kappa shape index (κ2) is 6.78. The lowest BCUT2D eigenvalue weighted by Crippen LogP contribution is -2.50. The molecular weight excluding hydrogens is 370 g/mol. The number of hydrogen-bond donors (Lipinski definition) is 2. The van der Waals surface area contributed by atoms with E-state index in [4.69, 9.17) is 11.6 Å². The molecule has 2 amide bonds. The average molecular weight is 392 g/mol. The van der Waals surface area contributed by atoms with Crippen LogP contribution in [0.2, 0.25) is 5.02 Å². The summed E-state index contributed by atoms with van der Waals surface area (Å²) in [6, 6.07) is 3.80. The number of nitro benzene ring substituents is 1. The molecule has 4 bridgehead atoms. The summed E-state index contributed by atoms with van der Waals surface area (Å²) in [5.74, 6) is 1.28. The van der Waals surface area contributed by atoms with Gasteiger partial charge in [0.05, 0.1) is 4.92 Å². The summed E-state index contributed by atoms with van der Waals surface area (Å²) in [7, 11) is 0. The molecule has 0 aliphatic heterocycles. The van der Waals surface area contributed by atoms with Gasteiger partial charge in [0.1, 0.15) is 5.56 Å². The Morgan fingerprint density at radius 2 is 1.70 bits per heavy atom. The maximum Gasteiger partial charge on any atom is 0.283 e. The summed E-state index contributed by atoms with van der Waals surface area (Å²) < 4.78 is 0. The Bertz CT molecular complexity index is 775. The van der Waals surface area contributed by atoms with E-state index in [-0.39, 0.29) is 21.9 Å². The van der Waals surface area contributed by atoms with Gasteiger partial charge in [-0.15, -0.1) is 0 Å². The fourth-order valence-electron chi connectivity index (χ4n) is 5.93. The number of hydrazine groups is 1. The lowest BCUT2D eigenvalue weighted by Gasteiger charge is -2.56. The van der Waals surface area contributed by atoms with E-state index >= 15 is 0 Å². The topological polar surface area (TPSA) is 101 Å². The number of benzene rings is 1. The number of halogens is 1. The van der Waals surface area contributed by atoms with Crippen LogP contribution in [-0.2, 0) is 4.79 Å². The highest BCUT2D eigenvalue weighted by Crippen LogP contribution is 2.61. The lowest BCUT2D eigenvalue weighted by atomic mass is 9.49. The Kier molecular flexibility index (Phi) is 4.58. The normalized spacial score (nSPS) is 30.8. The third-order valence-electron chi connectivity index (χ3n) is 6.42. The van der Waals surface area contributed by atoms with Crippen LogP contribution >= 0.6 is 11.6 Å². The Balaban J connectivity index is 1.37. The molecule has 4 saturated carbocycles. The minimum absolute atomic E-state index is 0.0653. The zero-order chi connectivity index (χ0) is 19.2. The van der Waals surface area contributed by atoms with E-state index in [0.717, 1.165) is 43.1 Å². The van der Waals surface area contributed by atoms with Crippen LogP contribution < -0.4 is 10.9 Å². The van der Waals surface area contributed by atoms with Crippen molar-refractivity contribution in [3.05, 3.63) is 38.9 Å². The van der Waals surface area contributed by atoms with Crippen LogP contribution in [0.3, 0.4) is 0 Å². The summed E-state index contributed by atoms with van der Waals surface area (Å²) in [5.41, 5.74) is 4.29. The first-order chi connectivity index (χ1) is 12.8. The zero-order valence-electron chi connectivity index (χ0n) is 14.9. The number of carbonyl (C=O) groups excluding carboxylic acids is 2. The maximum atomic E-state index is 12.5. The number of rotatable bonds is 4. The summed E-state index contributed by atoms with van der Waals surface area (Å²) in [6.45, 7) is 0. The minimum atomic E-state index is -0.725. The number of nitro groups is 1. The van der Waals surface area contributed by atoms with Gasteiger partial charge < -0.3 is 0 Å². The molecular formula is C19H22ClN3O4. The molecule has 1 aromatic carbocycles. The average Bonchev–Trinajstić information content (AvgIpc) is 2.58. The molecule has 4 fully saturated rings. The fourth-order valence-corrected chi connectivity index (χ4v) is 6.10. The van der Waals surface area contributed by atoms with E-state index in [1.54, 1.807) is 0 Å². The third kappa shape index (κ3) is 3.65. The minimum Gasteiger partial charge on any atom is -0.273 e. The van der Waals surface area contributed by atoms with Gasteiger partial charge in [-0.2, -0.15) is 0 Å². The van der Waals surface area contributed by atoms with E-state index in [0.29, 0.717) is 6.42 Å². The second-order valence-electron chi connectivity index (χ2n) is 8.52. The number of nitrogens with zero attached hydrogens (tertiary/aromatic N) is 1. The number of amides is 2. The SMILES string of the molecule is O=C(CC12CC3CC(CC(C3)C1)C2)NNC(=O)c1ccc(Cl)cc1[N+](=O)[O-]. The monoisotopic (exact) mass is 391 g/mol. The molecule has 0 saturated heterocycles. The first kappa shape index (κ1) is 18.2. The van der Waals surface area contributed by atoms with Crippen LogP contribution in [-0.4, -0.2) is 16.7 Å². The van der Waals surface area contributed by atoms with Gasteiger partial charge in [-0.05, 0) is 73.8 Å². The Morgan fingerprint density at radius 3 is 2.26 bits per heavy atom. The molecule has 0 aromatic heterocycles. The summed E-state index contributed by atoms with van der Waals surface area (Å²) in [6.07, 6.45) is 7.61. The molecule has 144 valence electrons. The van der Waals surface area contributed by atoms with Crippen LogP contribution in [0.15, 0.2) is 18.2 Å². The van der Waals surface area contributed by atoms with Crippen LogP contribution in [0.4, 0.5) is 5.69 Å². The standard InChI is InChI=1S/C19H22ClN3O4/c20-14-1-2-15(16(6-14)23(26)27)18(25)22-21-17(24)10-19-7-11-3-12(8-19)5-13(4-11)9-19/h1-2,6,11-13H,3-5,7-10H2,(H,21,24)(H,22,25). The van der Waals surface area contributed by atoms with Crippen molar-refractivity contribution in [3.8, 4) is 0 Å². The predicted molar refractivity (Wildman–Crippen MR) is 98.9 cm³/mol. The van der Waals surface area contributed by atoms with Gasteiger partial charge >= 0.3 is 0 Å². The first-order valence-corrected chi connectivity index (χ1v) is 9.74. The van der Waals surface area contributed by atoms with Crippen molar-refractivity contribution < 1.29 is 14.5 Å². The third-order valence-corrected chi connectivity index (χ3v) is 6.65. The van der Waals surface area contributed by atoms with Crippen LogP contribution in [0.5, 0.6) is 0 Å². The molecule has 0 radical (unpaired) electrons. The highest BCUT2D eigenvalue weighted by atomic mass is 35.5. The molecule has 0 unspecified atom stereocenters. The zero-order valence-corrected chi connectivity index (χ0v) is 15.6. The largest absolute Gasteiger partial charge is 0.283 e. The van der Waals surface area contributed by atoms with Crippen molar-refractivity contribution in [1.82, 2.24) is 10.9 Å². The van der Waals surface area contributed by atoms with Gasteiger partial charge in [0.2, 0.25) is 5.91 Å². The first-order valence-electron chi connectivity index (χ1n) is 9.37. The summed E-state index contributed by atoms with van der Waals surface area (Å²) >= 11 is 5.76. The van der Waals surface area contributed by atoms with Crippen molar-refractivity contribution in [2.75, 3.05) is 0 Å². The van der Waals surface area contributed by atoms with Gasteiger partial charge in [0.15, 0.2) is 0 Å². The lowest BCUT2D eigenvalue weighted by molar-refractivity contribution is -0.385. The molecule has 5 rings (SSSR count). The van der Waals surface area contributed by atoms with Gasteiger partial charge in [-0.1, -0.05) is 11.6 Å². The quantitative estimate of drug-likeness (QED) is 0.604. The molecule has 27 heavy (non-hydrogen) atoms. The Hall–Kier alpha value is -2.15. The summed E-state index contributed by atoms with van der Waals surface area (Å²) in [5, 5.41) is 11.3. The molecule has 0 spiro atoms. The van der Waals surface area contributed by atoms with Crippen LogP contribution in [0, 0.1) is 33.3 Å². The molecule has 0 heterocycles. The van der Waals surface area contributed by atoms with Crippen molar-refractivity contribution in [3.63, 3.8) is 0 Å². The summed E-state index contributed by atoms with van der Waals surface area (Å²) in [4.78, 5) is 35.2. The van der Waals surface area contributed by atoms with Gasteiger partial charge in [0, 0.05) is 17.5 Å². The maximum absolute atomic E-state index is 12.5. The Morgan fingerprint density at radius 1 is 1.11 bits per heavy atom. The van der Waals surface area contributed by atoms with E-state index in [2.05, 4.69) is 10.9 Å². The fraction of sp³-hybridized carbons (Fsp3) is 0.579. The highest BCUT2D eigenvalue weighted by molar-refractivity contribution is 6.31. The smallest absolute Gasteiger partial charge is 0.273 e. The molecule has 1 aromatic rings. The van der Waals surface area contributed by atoms with Crippen molar-refractivity contribution >= 4 is 29.1 Å². The van der Waals surface area contributed by atoms with E-state index in [9.17, 15) is 19.7 Å². The van der Waals surface area contributed by atoms with Crippen LogP contribution in [0.25, 0.3) is 0 Å². The number of hydrogen-bond acceptors (Lipinski definition) is 4. The van der Waals surface area contributed by atoms with Gasteiger partial charge in [0.25, 0.3) is 11.6 Å². The Labute approximate surface area is 162 Å². The van der Waals surface area contributed by atoms with Crippen LogP contribution in [0.1, 0.15) is 55.3 Å². The van der Waals surface area contributed by atoms with Crippen molar-refractivity contribution in [2.24, 2.45) is 23.2 Å². The molecule has 7 nitrogen and oxygen atoms in total. The molecule has 4 aliphatic rings.